The predicted molar refractivity (Wildman–Crippen MR) is 123 cm³/mol. The highest BCUT2D eigenvalue weighted by molar-refractivity contribution is 6.30. The lowest BCUT2D eigenvalue weighted by atomic mass is 10.1. The number of hydrogen-bond acceptors (Lipinski definition) is 3. The summed E-state index contributed by atoms with van der Waals surface area (Å²) in [6, 6.07) is 22.2. The normalized spacial score (nSPS) is 10.3. The average Bonchev–Trinajstić information content (AvgIpc) is 2.72. The highest BCUT2D eigenvalue weighted by atomic mass is 35.5. The van der Waals surface area contributed by atoms with E-state index >= 15 is 0 Å². The number of ether oxygens (including phenoxy) is 2. The highest BCUT2D eigenvalue weighted by Gasteiger charge is 2.07. The molecule has 0 aliphatic carbocycles. The number of halogens is 2. The van der Waals surface area contributed by atoms with Gasteiger partial charge in [-0.3, -0.25) is 0 Å². The molecule has 3 aromatic carbocycles. The van der Waals surface area contributed by atoms with Crippen LogP contribution in [0.3, 0.4) is 0 Å². The molecule has 0 unspecified atom stereocenters. The Morgan fingerprint density at radius 1 is 0.897 bits per heavy atom. The van der Waals surface area contributed by atoms with Gasteiger partial charge in [0.15, 0.2) is 0 Å². The fourth-order valence-electron chi connectivity index (χ4n) is 3.03. The first kappa shape index (κ1) is 23.1. The maximum Gasteiger partial charge on any atom is 0.124 e. The fraction of sp³-hybridized carbons (Fsp3) is 0.250. The minimum Gasteiger partial charge on any atom is -0.496 e. The van der Waals surface area contributed by atoms with Gasteiger partial charge in [0.25, 0.3) is 0 Å². The zero-order valence-electron chi connectivity index (χ0n) is 16.8. The van der Waals surface area contributed by atoms with Gasteiger partial charge in [-0.1, -0.05) is 59.6 Å². The molecule has 0 fully saturated rings. The number of para-hydroxylation sites is 1. The number of nitrogens with one attached hydrogen (secondary N) is 1. The number of rotatable bonds is 9. The van der Waals surface area contributed by atoms with Crippen LogP contribution in [-0.4, -0.2) is 13.7 Å². The van der Waals surface area contributed by atoms with E-state index in [0.29, 0.717) is 18.2 Å². The zero-order chi connectivity index (χ0) is 19.8. The van der Waals surface area contributed by atoms with Gasteiger partial charge < -0.3 is 14.8 Å². The minimum absolute atomic E-state index is 0. The summed E-state index contributed by atoms with van der Waals surface area (Å²) in [6.07, 6.45) is 0.893. The second-order valence-corrected chi connectivity index (χ2v) is 7.20. The summed E-state index contributed by atoms with van der Waals surface area (Å²) in [5, 5.41) is 4.19. The molecule has 5 heteroatoms. The third kappa shape index (κ3) is 6.97. The Balaban J connectivity index is 0.00000300. The third-order valence-corrected chi connectivity index (χ3v) is 4.85. The van der Waals surface area contributed by atoms with E-state index in [1.54, 1.807) is 7.11 Å². The van der Waals surface area contributed by atoms with Crippen LogP contribution in [0, 0.1) is 6.92 Å². The monoisotopic (exact) mass is 431 g/mol. The van der Waals surface area contributed by atoms with Gasteiger partial charge in [0, 0.05) is 17.1 Å². The molecule has 0 atom stereocenters. The van der Waals surface area contributed by atoms with Gasteiger partial charge in [0.1, 0.15) is 18.1 Å². The van der Waals surface area contributed by atoms with Crippen molar-refractivity contribution in [2.45, 2.75) is 26.5 Å². The Labute approximate surface area is 184 Å². The Hall–Kier alpha value is -2.20. The van der Waals surface area contributed by atoms with Gasteiger partial charge in [-0.25, -0.2) is 0 Å². The molecule has 0 aliphatic rings. The third-order valence-electron chi connectivity index (χ3n) is 4.62. The smallest absolute Gasteiger partial charge is 0.124 e. The molecular formula is C24H27Cl2NO2. The quantitative estimate of drug-likeness (QED) is 0.422. The molecule has 3 rings (SSSR count). The Kier molecular flexibility index (Phi) is 9.33. The molecule has 29 heavy (non-hydrogen) atoms. The zero-order valence-corrected chi connectivity index (χ0v) is 18.4. The predicted octanol–water partition coefficient (Wildman–Crippen LogP) is 5.99. The Morgan fingerprint density at radius 3 is 2.41 bits per heavy atom. The van der Waals surface area contributed by atoms with Crippen LogP contribution in [0.5, 0.6) is 11.5 Å². The van der Waals surface area contributed by atoms with Gasteiger partial charge in [-0.2, -0.15) is 0 Å². The van der Waals surface area contributed by atoms with Crippen LogP contribution in [0.15, 0.2) is 66.7 Å². The standard InChI is InChI=1S/C24H26ClNO2.ClH/c1-18-7-9-19(10-8-18)17-28-24-12-11-22(25)15-21(24)16-26-14-13-20-5-3-4-6-23(20)27-2;/h3-12,15,26H,13-14,16-17H2,1-2H3;1H. The fourth-order valence-corrected chi connectivity index (χ4v) is 3.22. The summed E-state index contributed by atoms with van der Waals surface area (Å²) < 4.78 is 11.5. The van der Waals surface area contributed by atoms with Crippen molar-refractivity contribution in [1.29, 1.82) is 0 Å². The van der Waals surface area contributed by atoms with Crippen LogP contribution in [0.2, 0.25) is 5.02 Å². The molecule has 0 radical (unpaired) electrons. The largest absolute Gasteiger partial charge is 0.496 e. The molecule has 3 nitrogen and oxygen atoms in total. The van der Waals surface area contributed by atoms with Crippen LogP contribution in [0.1, 0.15) is 22.3 Å². The van der Waals surface area contributed by atoms with E-state index in [1.165, 1.54) is 11.1 Å². The number of aryl methyl sites for hydroxylation is 1. The topological polar surface area (TPSA) is 30.5 Å². The Morgan fingerprint density at radius 2 is 1.66 bits per heavy atom. The van der Waals surface area contributed by atoms with Gasteiger partial charge in [-0.05, 0) is 55.3 Å². The summed E-state index contributed by atoms with van der Waals surface area (Å²) in [4.78, 5) is 0. The van der Waals surface area contributed by atoms with Crippen molar-refractivity contribution in [3.63, 3.8) is 0 Å². The van der Waals surface area contributed by atoms with Gasteiger partial charge in [0.2, 0.25) is 0 Å². The molecule has 0 bridgehead atoms. The first-order valence-corrected chi connectivity index (χ1v) is 9.83. The van der Waals surface area contributed by atoms with E-state index in [9.17, 15) is 0 Å². The van der Waals surface area contributed by atoms with Crippen molar-refractivity contribution in [1.82, 2.24) is 5.32 Å². The van der Waals surface area contributed by atoms with Crippen molar-refractivity contribution in [3.05, 3.63) is 94.0 Å². The highest BCUT2D eigenvalue weighted by Crippen LogP contribution is 2.24. The van der Waals surface area contributed by atoms with Crippen molar-refractivity contribution in [2.24, 2.45) is 0 Å². The summed E-state index contributed by atoms with van der Waals surface area (Å²) in [5.74, 6) is 1.78. The molecule has 0 saturated carbocycles. The summed E-state index contributed by atoms with van der Waals surface area (Å²) in [7, 11) is 1.70. The van der Waals surface area contributed by atoms with E-state index in [1.807, 2.05) is 36.4 Å². The molecule has 3 aromatic rings. The van der Waals surface area contributed by atoms with Crippen molar-refractivity contribution < 1.29 is 9.47 Å². The number of hydrogen-bond donors (Lipinski definition) is 1. The van der Waals surface area contributed by atoms with Crippen molar-refractivity contribution >= 4 is 24.0 Å². The van der Waals surface area contributed by atoms with Crippen LogP contribution in [0.4, 0.5) is 0 Å². The molecule has 154 valence electrons. The van der Waals surface area contributed by atoms with Crippen LogP contribution >= 0.6 is 24.0 Å². The molecule has 0 saturated heterocycles. The Bertz CT molecular complexity index is 898. The van der Waals surface area contributed by atoms with Crippen LogP contribution < -0.4 is 14.8 Å². The van der Waals surface area contributed by atoms with E-state index in [0.717, 1.165) is 35.6 Å². The lowest BCUT2D eigenvalue weighted by Gasteiger charge is -2.14. The molecule has 0 aliphatic heterocycles. The summed E-state index contributed by atoms with van der Waals surface area (Å²) >= 11 is 6.20. The lowest BCUT2D eigenvalue weighted by Crippen LogP contribution is -2.17. The van der Waals surface area contributed by atoms with E-state index < -0.39 is 0 Å². The summed E-state index contributed by atoms with van der Waals surface area (Å²) in [6.45, 7) is 4.15. The SMILES string of the molecule is COc1ccccc1CCNCc1cc(Cl)ccc1OCc1ccc(C)cc1.Cl. The van der Waals surface area contributed by atoms with Crippen molar-refractivity contribution in [3.8, 4) is 11.5 Å². The van der Waals surface area contributed by atoms with Gasteiger partial charge >= 0.3 is 0 Å². The minimum atomic E-state index is 0. The number of benzene rings is 3. The maximum atomic E-state index is 6.20. The molecular weight excluding hydrogens is 405 g/mol. The molecule has 0 spiro atoms. The first-order chi connectivity index (χ1) is 13.7. The molecule has 1 N–H and O–H groups in total. The van der Waals surface area contributed by atoms with Gasteiger partial charge in [0.05, 0.1) is 7.11 Å². The average molecular weight is 432 g/mol. The molecule has 0 heterocycles. The second kappa shape index (κ2) is 11.7. The van der Waals surface area contributed by atoms with Crippen LogP contribution in [0.25, 0.3) is 0 Å². The van der Waals surface area contributed by atoms with E-state index in [4.69, 9.17) is 21.1 Å². The lowest BCUT2D eigenvalue weighted by molar-refractivity contribution is 0.302. The summed E-state index contributed by atoms with van der Waals surface area (Å²) in [5.41, 5.74) is 4.64. The van der Waals surface area contributed by atoms with Crippen molar-refractivity contribution in [2.75, 3.05) is 13.7 Å². The molecule has 0 amide bonds. The molecule has 0 aromatic heterocycles. The van der Waals surface area contributed by atoms with Crippen LogP contribution in [-0.2, 0) is 19.6 Å². The van der Waals surface area contributed by atoms with E-state index in [-0.39, 0.29) is 12.4 Å². The first-order valence-electron chi connectivity index (χ1n) is 9.45. The van der Waals surface area contributed by atoms with E-state index in [2.05, 4.69) is 42.6 Å². The number of methoxy groups -OCH3 is 1. The maximum absolute atomic E-state index is 6.20. The second-order valence-electron chi connectivity index (χ2n) is 6.76. The van der Waals surface area contributed by atoms with Gasteiger partial charge in [-0.15, -0.1) is 12.4 Å².